The molecule has 0 atom stereocenters. The molecule has 29 heavy (non-hydrogen) atoms. The smallest absolute Gasteiger partial charge is 0.257 e. The summed E-state index contributed by atoms with van der Waals surface area (Å²) in [6, 6.07) is 14.5. The largest absolute Gasteiger partial charge is 0.383 e. The van der Waals surface area contributed by atoms with Crippen LogP contribution in [0.4, 0.5) is 5.82 Å². The number of morpholine rings is 1. The summed E-state index contributed by atoms with van der Waals surface area (Å²) in [7, 11) is 0. The summed E-state index contributed by atoms with van der Waals surface area (Å²) in [6.45, 7) is 5.64. The Labute approximate surface area is 172 Å². The van der Waals surface area contributed by atoms with E-state index >= 15 is 0 Å². The molecule has 0 bridgehead atoms. The van der Waals surface area contributed by atoms with Crippen molar-refractivity contribution in [3.8, 4) is 0 Å². The van der Waals surface area contributed by atoms with Crippen LogP contribution in [0.25, 0.3) is 0 Å². The number of hydrogen-bond donors (Lipinski definition) is 1. The molecule has 1 aromatic carbocycles. The first kappa shape index (κ1) is 19.9. The van der Waals surface area contributed by atoms with E-state index in [-0.39, 0.29) is 5.91 Å². The lowest BCUT2D eigenvalue weighted by Gasteiger charge is -2.32. The molecule has 154 valence electrons. The van der Waals surface area contributed by atoms with Gasteiger partial charge in [0.15, 0.2) is 0 Å². The van der Waals surface area contributed by atoms with Crippen LogP contribution in [0.5, 0.6) is 0 Å². The van der Waals surface area contributed by atoms with E-state index in [4.69, 9.17) is 10.5 Å². The van der Waals surface area contributed by atoms with E-state index in [2.05, 4.69) is 40.2 Å². The highest BCUT2D eigenvalue weighted by molar-refractivity contribution is 5.98. The molecule has 0 saturated carbocycles. The van der Waals surface area contributed by atoms with Crippen LogP contribution in [0.3, 0.4) is 0 Å². The van der Waals surface area contributed by atoms with Gasteiger partial charge in [0, 0.05) is 31.2 Å². The fourth-order valence-corrected chi connectivity index (χ4v) is 4.22. The molecule has 2 aromatic rings. The van der Waals surface area contributed by atoms with Crippen molar-refractivity contribution in [1.29, 1.82) is 0 Å². The molecule has 0 radical (unpaired) electrons. The van der Waals surface area contributed by atoms with E-state index in [9.17, 15) is 4.79 Å². The first-order chi connectivity index (χ1) is 14.2. The van der Waals surface area contributed by atoms with E-state index in [0.29, 0.717) is 43.6 Å². The van der Waals surface area contributed by atoms with Gasteiger partial charge in [-0.05, 0) is 50.0 Å². The second-order valence-corrected chi connectivity index (χ2v) is 7.93. The van der Waals surface area contributed by atoms with Crippen LogP contribution in [0, 0.1) is 0 Å². The van der Waals surface area contributed by atoms with Crippen molar-refractivity contribution >= 4 is 11.7 Å². The molecular formula is C23H30N4O2. The molecule has 2 N–H and O–H groups in total. The third-order valence-corrected chi connectivity index (χ3v) is 6.04. The van der Waals surface area contributed by atoms with E-state index in [1.54, 1.807) is 4.90 Å². The van der Waals surface area contributed by atoms with Gasteiger partial charge in [-0.25, -0.2) is 4.98 Å². The van der Waals surface area contributed by atoms with E-state index in [1.165, 1.54) is 5.56 Å². The summed E-state index contributed by atoms with van der Waals surface area (Å²) in [6.07, 6.45) is 3.25. The molecule has 1 amide bonds. The van der Waals surface area contributed by atoms with Crippen LogP contribution in [0.15, 0.2) is 42.5 Å². The second-order valence-electron chi connectivity index (χ2n) is 7.93. The normalized spacial score (nSPS) is 18.7. The first-order valence-corrected chi connectivity index (χ1v) is 10.6. The second kappa shape index (κ2) is 9.37. The van der Waals surface area contributed by atoms with Crippen LogP contribution in [0.1, 0.15) is 40.4 Å². The molecule has 0 aliphatic carbocycles. The maximum atomic E-state index is 12.7. The minimum absolute atomic E-state index is 0.0411. The number of nitrogens with zero attached hydrogens (tertiary/aromatic N) is 3. The van der Waals surface area contributed by atoms with Gasteiger partial charge in [0.1, 0.15) is 5.82 Å². The minimum atomic E-state index is -0.0411. The van der Waals surface area contributed by atoms with E-state index < -0.39 is 0 Å². The fraction of sp³-hybridized carbons (Fsp3) is 0.478. The number of ether oxygens (including phenoxy) is 1. The number of piperidine rings is 1. The van der Waals surface area contributed by atoms with E-state index in [0.717, 1.165) is 44.6 Å². The number of aromatic nitrogens is 1. The molecule has 0 unspecified atom stereocenters. The standard InChI is InChI=1S/C23H30N4O2/c24-22-20(23(28)27-14-16-29-17-15-27)6-7-21(25-22)19-9-12-26(13-10-19)11-8-18-4-2-1-3-5-18/h1-7,19H,8-17H2,(H2,24,25). The Morgan fingerprint density at radius 1 is 1.03 bits per heavy atom. The lowest BCUT2D eigenvalue weighted by atomic mass is 9.92. The Morgan fingerprint density at radius 3 is 2.45 bits per heavy atom. The van der Waals surface area contributed by atoms with Gasteiger partial charge in [-0.15, -0.1) is 0 Å². The molecule has 2 aliphatic heterocycles. The molecule has 6 nitrogen and oxygen atoms in total. The highest BCUT2D eigenvalue weighted by Crippen LogP contribution is 2.28. The summed E-state index contributed by atoms with van der Waals surface area (Å²) in [5.41, 5.74) is 9.10. The summed E-state index contributed by atoms with van der Waals surface area (Å²) < 4.78 is 5.32. The highest BCUT2D eigenvalue weighted by atomic mass is 16.5. The molecule has 3 heterocycles. The van der Waals surface area contributed by atoms with Crippen LogP contribution in [0.2, 0.25) is 0 Å². The Bertz CT molecular complexity index is 813. The Hall–Kier alpha value is -2.44. The number of benzene rings is 1. The van der Waals surface area contributed by atoms with Crippen LogP contribution in [-0.4, -0.2) is 66.6 Å². The highest BCUT2D eigenvalue weighted by Gasteiger charge is 2.24. The number of carbonyl (C=O) groups is 1. The van der Waals surface area contributed by atoms with Crippen molar-refractivity contribution in [3.05, 3.63) is 59.3 Å². The molecule has 2 saturated heterocycles. The third-order valence-electron chi connectivity index (χ3n) is 6.04. The summed E-state index contributed by atoms with van der Waals surface area (Å²) in [5, 5.41) is 0. The molecule has 2 aliphatic rings. The fourth-order valence-electron chi connectivity index (χ4n) is 4.22. The topological polar surface area (TPSA) is 71.7 Å². The number of pyridine rings is 1. The van der Waals surface area contributed by atoms with Gasteiger partial charge in [-0.3, -0.25) is 4.79 Å². The van der Waals surface area contributed by atoms with Gasteiger partial charge in [0.05, 0.1) is 18.8 Å². The zero-order valence-electron chi connectivity index (χ0n) is 16.9. The van der Waals surface area contributed by atoms with Crippen molar-refractivity contribution in [2.45, 2.75) is 25.2 Å². The molecule has 2 fully saturated rings. The number of amides is 1. The number of likely N-dealkylation sites (tertiary alicyclic amines) is 1. The van der Waals surface area contributed by atoms with Crippen molar-refractivity contribution < 1.29 is 9.53 Å². The predicted molar refractivity (Wildman–Crippen MR) is 114 cm³/mol. The predicted octanol–water partition coefficient (Wildman–Crippen LogP) is 2.56. The van der Waals surface area contributed by atoms with Gasteiger partial charge in [-0.2, -0.15) is 0 Å². The average Bonchev–Trinajstić information content (AvgIpc) is 2.79. The Kier molecular flexibility index (Phi) is 6.42. The molecule has 6 heteroatoms. The van der Waals surface area contributed by atoms with Crippen LogP contribution >= 0.6 is 0 Å². The number of anilines is 1. The summed E-state index contributed by atoms with van der Waals surface area (Å²) in [4.78, 5) is 21.6. The molecule has 1 aromatic heterocycles. The number of rotatable bonds is 5. The van der Waals surface area contributed by atoms with Gasteiger partial charge in [0.2, 0.25) is 0 Å². The maximum absolute atomic E-state index is 12.7. The van der Waals surface area contributed by atoms with Gasteiger partial charge >= 0.3 is 0 Å². The number of nitrogen functional groups attached to an aromatic ring is 1. The Balaban J connectivity index is 1.31. The number of hydrogen-bond acceptors (Lipinski definition) is 5. The molecular weight excluding hydrogens is 364 g/mol. The van der Waals surface area contributed by atoms with E-state index in [1.807, 2.05) is 12.1 Å². The summed E-state index contributed by atoms with van der Waals surface area (Å²) in [5.74, 6) is 0.726. The minimum Gasteiger partial charge on any atom is -0.383 e. The maximum Gasteiger partial charge on any atom is 0.257 e. The monoisotopic (exact) mass is 394 g/mol. The molecule has 4 rings (SSSR count). The average molecular weight is 395 g/mol. The lowest BCUT2D eigenvalue weighted by Crippen LogP contribution is -2.41. The molecule has 0 spiro atoms. The van der Waals surface area contributed by atoms with Crippen molar-refractivity contribution in [2.24, 2.45) is 0 Å². The lowest BCUT2D eigenvalue weighted by molar-refractivity contribution is 0.0303. The van der Waals surface area contributed by atoms with Crippen molar-refractivity contribution in [2.75, 3.05) is 51.7 Å². The first-order valence-electron chi connectivity index (χ1n) is 10.6. The number of nitrogens with two attached hydrogens (primary N) is 1. The summed E-state index contributed by atoms with van der Waals surface area (Å²) >= 11 is 0. The zero-order chi connectivity index (χ0) is 20.1. The van der Waals surface area contributed by atoms with Crippen molar-refractivity contribution in [3.63, 3.8) is 0 Å². The van der Waals surface area contributed by atoms with Gasteiger partial charge in [0.25, 0.3) is 5.91 Å². The van der Waals surface area contributed by atoms with Gasteiger partial charge < -0.3 is 20.3 Å². The Morgan fingerprint density at radius 2 is 1.76 bits per heavy atom. The van der Waals surface area contributed by atoms with Crippen LogP contribution < -0.4 is 5.73 Å². The SMILES string of the molecule is Nc1nc(C2CCN(CCc3ccccc3)CC2)ccc1C(=O)N1CCOCC1. The zero-order valence-corrected chi connectivity index (χ0v) is 16.9. The van der Waals surface area contributed by atoms with Crippen molar-refractivity contribution in [1.82, 2.24) is 14.8 Å². The third kappa shape index (κ3) is 4.95. The van der Waals surface area contributed by atoms with Crippen LogP contribution in [-0.2, 0) is 11.2 Å². The number of carbonyl (C=O) groups excluding carboxylic acids is 1. The quantitative estimate of drug-likeness (QED) is 0.844. The van der Waals surface area contributed by atoms with Gasteiger partial charge in [-0.1, -0.05) is 30.3 Å².